The molecule has 1 amide bonds. The third-order valence-corrected chi connectivity index (χ3v) is 4.87. The van der Waals surface area contributed by atoms with Gasteiger partial charge >= 0.3 is 6.09 Å². The van der Waals surface area contributed by atoms with Crippen LogP contribution in [0.15, 0.2) is 60.7 Å². The summed E-state index contributed by atoms with van der Waals surface area (Å²) in [6, 6.07) is 18.4. The van der Waals surface area contributed by atoms with Crippen LogP contribution >= 0.6 is 23.2 Å². The average molecular weight is 371 g/mol. The number of carbonyl (C=O) groups excluding carboxylic acids is 1. The SMILES string of the molecule is N=C1[C@@H](c2ccc3ccccc3c2)OC(=O)N1c1ccc(Cl)c(Cl)c1. The summed E-state index contributed by atoms with van der Waals surface area (Å²) in [6.07, 6.45) is -1.37. The van der Waals surface area contributed by atoms with E-state index in [1.165, 1.54) is 4.90 Å². The Morgan fingerprint density at radius 1 is 0.920 bits per heavy atom. The van der Waals surface area contributed by atoms with Gasteiger partial charge in [0.25, 0.3) is 0 Å². The van der Waals surface area contributed by atoms with E-state index in [1.54, 1.807) is 18.2 Å². The summed E-state index contributed by atoms with van der Waals surface area (Å²) >= 11 is 11.9. The van der Waals surface area contributed by atoms with Crippen molar-refractivity contribution < 1.29 is 9.53 Å². The zero-order valence-electron chi connectivity index (χ0n) is 12.9. The number of benzene rings is 3. The standard InChI is InChI=1S/C19H12Cl2N2O2/c20-15-8-7-14(10-16(15)21)23-18(22)17(25-19(23)24)13-6-5-11-3-1-2-4-12(11)9-13/h1-10,17,22H/t17-/m1/s1. The van der Waals surface area contributed by atoms with Gasteiger partial charge in [0.15, 0.2) is 11.9 Å². The number of halogens is 2. The van der Waals surface area contributed by atoms with Gasteiger partial charge in [0.2, 0.25) is 0 Å². The number of cyclic esters (lactones) is 1. The molecule has 0 bridgehead atoms. The van der Waals surface area contributed by atoms with Crippen LogP contribution in [0.25, 0.3) is 10.8 Å². The van der Waals surface area contributed by atoms with Crippen molar-refractivity contribution in [2.75, 3.05) is 4.90 Å². The highest BCUT2D eigenvalue weighted by Crippen LogP contribution is 2.35. The Hall–Kier alpha value is -2.56. The Kier molecular flexibility index (Phi) is 3.86. The van der Waals surface area contributed by atoms with Gasteiger partial charge in [0.1, 0.15) is 0 Å². The van der Waals surface area contributed by atoms with E-state index in [-0.39, 0.29) is 5.84 Å². The molecule has 1 aliphatic heterocycles. The van der Waals surface area contributed by atoms with Crippen molar-refractivity contribution in [1.29, 1.82) is 5.41 Å². The summed E-state index contributed by atoms with van der Waals surface area (Å²) in [6.45, 7) is 0. The number of rotatable bonds is 2. The topological polar surface area (TPSA) is 53.4 Å². The van der Waals surface area contributed by atoms with Crippen LogP contribution in [0.3, 0.4) is 0 Å². The lowest BCUT2D eigenvalue weighted by Crippen LogP contribution is -2.28. The number of amides is 1. The van der Waals surface area contributed by atoms with Gasteiger partial charge in [-0.25, -0.2) is 9.69 Å². The predicted molar refractivity (Wildman–Crippen MR) is 99.8 cm³/mol. The molecule has 1 N–H and O–H groups in total. The zero-order chi connectivity index (χ0) is 17.6. The van der Waals surface area contributed by atoms with E-state index in [0.29, 0.717) is 15.7 Å². The maximum absolute atomic E-state index is 12.3. The maximum atomic E-state index is 12.3. The minimum Gasteiger partial charge on any atom is -0.432 e. The normalized spacial score (nSPS) is 17.2. The first-order valence-electron chi connectivity index (χ1n) is 7.57. The number of nitrogens with one attached hydrogen (secondary N) is 1. The number of hydrogen-bond donors (Lipinski definition) is 1. The third kappa shape index (κ3) is 2.73. The highest BCUT2D eigenvalue weighted by atomic mass is 35.5. The van der Waals surface area contributed by atoms with Gasteiger partial charge in [-0.1, -0.05) is 59.6 Å². The largest absolute Gasteiger partial charge is 0.432 e. The molecule has 0 aromatic heterocycles. The van der Waals surface area contributed by atoms with Crippen LogP contribution in [0.2, 0.25) is 10.0 Å². The van der Waals surface area contributed by atoms with Crippen molar-refractivity contribution in [1.82, 2.24) is 0 Å². The number of carbonyl (C=O) groups is 1. The first-order valence-corrected chi connectivity index (χ1v) is 8.33. The molecule has 6 heteroatoms. The third-order valence-electron chi connectivity index (χ3n) is 4.13. The van der Waals surface area contributed by atoms with Crippen LogP contribution in [0.4, 0.5) is 10.5 Å². The van der Waals surface area contributed by atoms with E-state index >= 15 is 0 Å². The molecule has 0 radical (unpaired) electrons. The molecular formula is C19H12Cl2N2O2. The van der Waals surface area contributed by atoms with Crippen LogP contribution in [-0.2, 0) is 4.74 Å². The van der Waals surface area contributed by atoms with Crippen LogP contribution < -0.4 is 4.90 Å². The number of anilines is 1. The van der Waals surface area contributed by atoms with Crippen LogP contribution in [0.1, 0.15) is 11.7 Å². The second-order valence-corrected chi connectivity index (χ2v) is 6.50. The molecule has 1 heterocycles. The minimum absolute atomic E-state index is 0.0404. The first kappa shape index (κ1) is 15.9. The molecule has 4 nitrogen and oxygen atoms in total. The Balaban J connectivity index is 1.71. The summed E-state index contributed by atoms with van der Waals surface area (Å²) < 4.78 is 5.43. The predicted octanol–water partition coefficient (Wildman–Crippen LogP) is 5.82. The van der Waals surface area contributed by atoms with Gasteiger partial charge in [-0.15, -0.1) is 0 Å². The summed E-state index contributed by atoms with van der Waals surface area (Å²) in [7, 11) is 0. The molecule has 0 unspecified atom stereocenters. The Morgan fingerprint density at radius 3 is 2.44 bits per heavy atom. The van der Waals surface area contributed by atoms with E-state index < -0.39 is 12.2 Å². The van der Waals surface area contributed by atoms with Crippen molar-refractivity contribution in [3.63, 3.8) is 0 Å². The maximum Gasteiger partial charge on any atom is 0.421 e. The molecule has 3 aromatic carbocycles. The van der Waals surface area contributed by atoms with Gasteiger partial charge in [0.05, 0.1) is 15.7 Å². The molecule has 0 saturated carbocycles. The fraction of sp³-hybridized carbons (Fsp3) is 0.0526. The van der Waals surface area contributed by atoms with Crippen molar-refractivity contribution in [2.24, 2.45) is 0 Å². The van der Waals surface area contributed by atoms with E-state index in [4.69, 9.17) is 33.3 Å². The number of nitrogens with zero attached hydrogens (tertiary/aromatic N) is 1. The molecule has 0 aliphatic carbocycles. The van der Waals surface area contributed by atoms with Crippen molar-refractivity contribution in [3.05, 3.63) is 76.3 Å². The van der Waals surface area contributed by atoms with Gasteiger partial charge in [0, 0.05) is 5.56 Å². The second-order valence-electron chi connectivity index (χ2n) is 5.69. The summed E-state index contributed by atoms with van der Waals surface area (Å²) in [4.78, 5) is 13.5. The molecule has 0 spiro atoms. The lowest BCUT2D eigenvalue weighted by molar-refractivity contribution is 0.152. The summed E-state index contributed by atoms with van der Waals surface area (Å²) in [5, 5.41) is 11.2. The molecule has 3 aromatic rings. The Labute approximate surface area is 154 Å². The number of ether oxygens (including phenoxy) is 1. The van der Waals surface area contributed by atoms with E-state index in [0.717, 1.165) is 16.3 Å². The highest BCUT2D eigenvalue weighted by molar-refractivity contribution is 6.42. The lowest BCUT2D eigenvalue weighted by atomic mass is 10.0. The summed E-state index contributed by atoms with van der Waals surface area (Å²) in [5.41, 5.74) is 1.20. The van der Waals surface area contributed by atoms with E-state index in [2.05, 4.69) is 0 Å². The highest BCUT2D eigenvalue weighted by Gasteiger charge is 2.39. The van der Waals surface area contributed by atoms with Gasteiger partial charge in [-0.2, -0.15) is 0 Å². The van der Waals surface area contributed by atoms with Gasteiger partial charge < -0.3 is 4.74 Å². The number of hydrogen-bond acceptors (Lipinski definition) is 3. The quantitative estimate of drug-likeness (QED) is 0.617. The molecule has 1 saturated heterocycles. The van der Waals surface area contributed by atoms with Gasteiger partial charge in [-0.3, -0.25) is 5.41 Å². The smallest absolute Gasteiger partial charge is 0.421 e. The van der Waals surface area contributed by atoms with Crippen molar-refractivity contribution in [2.45, 2.75) is 6.10 Å². The van der Waals surface area contributed by atoms with Crippen molar-refractivity contribution >= 4 is 51.6 Å². The molecule has 124 valence electrons. The van der Waals surface area contributed by atoms with Crippen LogP contribution in [0.5, 0.6) is 0 Å². The Morgan fingerprint density at radius 2 is 1.68 bits per heavy atom. The van der Waals surface area contributed by atoms with E-state index in [9.17, 15) is 4.79 Å². The molecule has 1 fully saturated rings. The zero-order valence-corrected chi connectivity index (χ0v) is 14.4. The fourth-order valence-corrected chi connectivity index (χ4v) is 3.18. The second kappa shape index (κ2) is 6.06. The summed E-state index contributed by atoms with van der Waals surface area (Å²) in [5.74, 6) is 0.0404. The number of amidine groups is 1. The molecule has 25 heavy (non-hydrogen) atoms. The molecule has 1 atom stereocenters. The first-order chi connectivity index (χ1) is 12.0. The molecule has 1 aliphatic rings. The Bertz CT molecular complexity index is 1020. The van der Waals surface area contributed by atoms with Crippen LogP contribution in [0, 0.1) is 5.41 Å². The monoisotopic (exact) mass is 370 g/mol. The van der Waals surface area contributed by atoms with E-state index in [1.807, 2.05) is 42.5 Å². The molecule has 4 rings (SSSR count). The molecular weight excluding hydrogens is 359 g/mol. The fourth-order valence-electron chi connectivity index (χ4n) is 2.89. The van der Waals surface area contributed by atoms with Crippen LogP contribution in [-0.4, -0.2) is 11.9 Å². The lowest BCUT2D eigenvalue weighted by Gasteiger charge is -2.14. The van der Waals surface area contributed by atoms with Crippen molar-refractivity contribution in [3.8, 4) is 0 Å². The number of fused-ring (bicyclic) bond motifs is 1. The average Bonchev–Trinajstić information content (AvgIpc) is 2.91. The van der Waals surface area contributed by atoms with Gasteiger partial charge in [-0.05, 0) is 35.0 Å². The minimum atomic E-state index is -0.758.